The number of nitrogens with zero attached hydrogens (tertiary/aromatic N) is 1. The molecule has 2 aromatic carbocycles. The lowest BCUT2D eigenvalue weighted by molar-refractivity contribution is -0.142. The monoisotopic (exact) mass is 379 g/mol. The smallest absolute Gasteiger partial charge is 0.310 e. The van der Waals surface area contributed by atoms with E-state index in [0.29, 0.717) is 13.1 Å². The van der Waals surface area contributed by atoms with E-state index in [9.17, 15) is 9.90 Å². The molecule has 28 heavy (non-hydrogen) atoms. The number of hydrogen-bond acceptors (Lipinski definition) is 2. The van der Waals surface area contributed by atoms with E-state index in [1.54, 1.807) is 0 Å². The quantitative estimate of drug-likeness (QED) is 0.735. The summed E-state index contributed by atoms with van der Waals surface area (Å²) in [6.07, 6.45) is 0. The number of hydrogen-bond donors (Lipinski definition) is 1. The van der Waals surface area contributed by atoms with E-state index in [4.69, 9.17) is 0 Å². The van der Waals surface area contributed by atoms with Crippen LogP contribution in [0.3, 0.4) is 0 Å². The molecule has 1 aliphatic rings. The number of carboxylic acids is 1. The minimum absolute atomic E-state index is 0.0782. The average molecular weight is 380 g/mol. The topological polar surface area (TPSA) is 40.5 Å². The maximum Gasteiger partial charge on any atom is 0.310 e. The Balaban J connectivity index is 2.05. The normalized spacial score (nSPS) is 15.5. The highest BCUT2D eigenvalue weighted by Crippen LogP contribution is 2.36. The summed E-state index contributed by atoms with van der Waals surface area (Å²) in [6.45, 7) is 16.8. The summed E-state index contributed by atoms with van der Waals surface area (Å²) in [6, 6.07) is 13.5. The van der Waals surface area contributed by atoms with Crippen LogP contribution in [0, 0.1) is 12.8 Å². The molecule has 0 amide bonds. The lowest BCUT2D eigenvalue weighted by Crippen LogP contribution is -2.50. The van der Waals surface area contributed by atoms with Crippen molar-refractivity contribution in [2.75, 3.05) is 18.0 Å². The van der Waals surface area contributed by atoms with Gasteiger partial charge in [0.15, 0.2) is 0 Å². The molecule has 0 unspecified atom stereocenters. The third-order valence-electron chi connectivity index (χ3n) is 5.66. The molecule has 0 aromatic heterocycles. The van der Waals surface area contributed by atoms with Crippen molar-refractivity contribution in [1.82, 2.24) is 0 Å². The second kappa shape index (κ2) is 6.95. The summed E-state index contributed by atoms with van der Waals surface area (Å²) in [4.78, 5) is 13.3. The lowest BCUT2D eigenvalue weighted by atomic mass is 9.79. The zero-order valence-corrected chi connectivity index (χ0v) is 18.3. The Hall–Kier alpha value is -2.29. The van der Waals surface area contributed by atoms with E-state index in [0.717, 1.165) is 5.69 Å². The largest absolute Gasteiger partial charge is 0.481 e. The van der Waals surface area contributed by atoms with Gasteiger partial charge in [-0.2, -0.15) is 0 Å². The maximum absolute atomic E-state index is 11.2. The third-order valence-corrected chi connectivity index (χ3v) is 5.66. The lowest BCUT2D eigenvalue weighted by Gasteiger charge is -2.39. The fraction of sp³-hybridized carbons (Fsp3) is 0.480. The number of rotatable bonds is 3. The zero-order valence-electron chi connectivity index (χ0n) is 18.3. The van der Waals surface area contributed by atoms with Gasteiger partial charge in [0.1, 0.15) is 0 Å². The Labute approximate surface area is 169 Å². The summed E-state index contributed by atoms with van der Waals surface area (Å²) in [7, 11) is 0. The molecule has 2 aromatic rings. The fourth-order valence-corrected chi connectivity index (χ4v) is 3.62. The molecule has 0 bridgehead atoms. The van der Waals surface area contributed by atoms with Crippen LogP contribution >= 0.6 is 0 Å². The molecule has 150 valence electrons. The van der Waals surface area contributed by atoms with E-state index in [-0.39, 0.29) is 16.7 Å². The number of aryl methyl sites for hydroxylation is 1. The molecular weight excluding hydrogens is 346 g/mol. The SMILES string of the molecule is Cc1cc(-c2cc(C(C)(C)C)cc(C(C)(C)C)c2)cc(N2CC(C(=O)O)C2)c1. The van der Waals surface area contributed by atoms with Crippen molar-refractivity contribution in [3.8, 4) is 11.1 Å². The van der Waals surface area contributed by atoms with Crippen molar-refractivity contribution in [3.05, 3.63) is 53.1 Å². The molecule has 0 atom stereocenters. The number of carbonyl (C=O) groups is 1. The minimum Gasteiger partial charge on any atom is -0.481 e. The van der Waals surface area contributed by atoms with Gasteiger partial charge in [-0.1, -0.05) is 65.8 Å². The van der Waals surface area contributed by atoms with Gasteiger partial charge in [0, 0.05) is 18.8 Å². The predicted molar refractivity (Wildman–Crippen MR) is 117 cm³/mol. The van der Waals surface area contributed by atoms with Crippen LogP contribution in [0.5, 0.6) is 0 Å². The Kier molecular flexibility index (Phi) is 5.07. The average Bonchev–Trinajstić information content (AvgIpc) is 2.50. The molecule has 3 nitrogen and oxygen atoms in total. The highest BCUT2D eigenvalue weighted by atomic mass is 16.4. The van der Waals surface area contributed by atoms with Gasteiger partial charge in [0.25, 0.3) is 0 Å². The van der Waals surface area contributed by atoms with E-state index < -0.39 is 5.97 Å². The van der Waals surface area contributed by atoms with Crippen molar-refractivity contribution in [2.45, 2.75) is 59.3 Å². The van der Waals surface area contributed by atoms with Crippen molar-refractivity contribution in [2.24, 2.45) is 5.92 Å². The third kappa shape index (κ3) is 4.24. The van der Waals surface area contributed by atoms with Crippen LogP contribution < -0.4 is 4.90 Å². The summed E-state index contributed by atoms with van der Waals surface area (Å²) in [5.74, 6) is -0.947. The number of carboxylic acid groups (broad SMARTS) is 1. The summed E-state index contributed by atoms with van der Waals surface area (Å²) in [5.41, 5.74) is 7.59. The van der Waals surface area contributed by atoms with Gasteiger partial charge < -0.3 is 10.0 Å². The summed E-state index contributed by atoms with van der Waals surface area (Å²) < 4.78 is 0. The standard InChI is InChI=1S/C25H33NO2/c1-16-8-17(12-22(9-16)26-14-19(15-26)23(27)28)18-10-20(24(2,3)4)13-21(11-18)25(5,6)7/h8-13,19H,14-15H2,1-7H3,(H,27,28). The van der Waals surface area contributed by atoms with Crippen LogP contribution in [0.25, 0.3) is 11.1 Å². The molecule has 1 fully saturated rings. The first-order valence-electron chi connectivity index (χ1n) is 10.1. The molecule has 0 aliphatic carbocycles. The van der Waals surface area contributed by atoms with Crippen molar-refractivity contribution >= 4 is 11.7 Å². The first kappa shape index (κ1) is 20.4. The van der Waals surface area contributed by atoms with Crippen molar-refractivity contribution in [1.29, 1.82) is 0 Å². The molecule has 1 aliphatic heterocycles. The van der Waals surface area contributed by atoms with Crippen LogP contribution in [0.1, 0.15) is 58.2 Å². The minimum atomic E-state index is -0.697. The predicted octanol–water partition coefficient (Wildman–Crippen LogP) is 5.78. The number of aliphatic carboxylic acids is 1. The van der Waals surface area contributed by atoms with E-state index in [2.05, 4.69) is 89.8 Å². The van der Waals surface area contributed by atoms with Gasteiger partial charge in [0.2, 0.25) is 0 Å². The molecule has 3 rings (SSSR count). The first-order chi connectivity index (χ1) is 12.8. The van der Waals surface area contributed by atoms with E-state index >= 15 is 0 Å². The zero-order chi connectivity index (χ0) is 20.9. The van der Waals surface area contributed by atoms with Gasteiger partial charge in [-0.25, -0.2) is 0 Å². The van der Waals surface area contributed by atoms with Crippen molar-refractivity contribution in [3.63, 3.8) is 0 Å². The van der Waals surface area contributed by atoms with Gasteiger partial charge >= 0.3 is 5.97 Å². The molecular formula is C25H33NO2. The fourth-order valence-electron chi connectivity index (χ4n) is 3.62. The Bertz CT molecular complexity index is 861. The first-order valence-corrected chi connectivity index (χ1v) is 10.1. The molecule has 0 radical (unpaired) electrons. The maximum atomic E-state index is 11.2. The van der Waals surface area contributed by atoms with Gasteiger partial charge in [-0.3, -0.25) is 4.79 Å². The van der Waals surface area contributed by atoms with Crippen LogP contribution in [-0.2, 0) is 15.6 Å². The van der Waals surface area contributed by atoms with Crippen LogP contribution in [0.2, 0.25) is 0 Å². The molecule has 1 heterocycles. The Morgan fingerprint density at radius 2 is 1.36 bits per heavy atom. The van der Waals surface area contributed by atoms with Gasteiger partial charge in [-0.05, 0) is 57.7 Å². The van der Waals surface area contributed by atoms with Gasteiger partial charge in [0.05, 0.1) is 5.92 Å². The molecule has 3 heteroatoms. The van der Waals surface area contributed by atoms with E-state index in [1.165, 1.54) is 27.8 Å². The second-order valence-corrected chi connectivity index (χ2v) is 10.3. The van der Waals surface area contributed by atoms with Crippen LogP contribution in [0.15, 0.2) is 36.4 Å². The molecule has 0 saturated carbocycles. The molecule has 1 saturated heterocycles. The van der Waals surface area contributed by atoms with Crippen LogP contribution in [0.4, 0.5) is 5.69 Å². The number of benzene rings is 2. The molecule has 1 N–H and O–H groups in total. The van der Waals surface area contributed by atoms with Crippen molar-refractivity contribution < 1.29 is 9.90 Å². The second-order valence-electron chi connectivity index (χ2n) is 10.3. The Morgan fingerprint density at radius 3 is 1.82 bits per heavy atom. The van der Waals surface area contributed by atoms with Crippen LogP contribution in [-0.4, -0.2) is 24.2 Å². The van der Waals surface area contributed by atoms with E-state index in [1.807, 2.05) is 0 Å². The summed E-state index contributed by atoms with van der Waals surface area (Å²) >= 11 is 0. The number of anilines is 1. The molecule has 0 spiro atoms. The summed E-state index contributed by atoms with van der Waals surface area (Å²) in [5, 5.41) is 9.17. The Morgan fingerprint density at radius 1 is 0.857 bits per heavy atom. The highest BCUT2D eigenvalue weighted by Gasteiger charge is 2.32. The van der Waals surface area contributed by atoms with Gasteiger partial charge in [-0.15, -0.1) is 0 Å². The highest BCUT2D eigenvalue weighted by molar-refractivity contribution is 5.76.